The summed E-state index contributed by atoms with van der Waals surface area (Å²) in [5.74, 6) is 0.237. The van der Waals surface area contributed by atoms with E-state index in [1.54, 1.807) is 11.9 Å². The van der Waals surface area contributed by atoms with Crippen molar-refractivity contribution in [1.82, 2.24) is 15.1 Å². The number of H-pyrrole nitrogens is 1. The highest BCUT2D eigenvalue weighted by Gasteiger charge is 2.14. The zero-order chi connectivity index (χ0) is 9.84. The number of carbonyl (C=O) groups is 1. The molecule has 0 radical (unpaired) electrons. The lowest BCUT2D eigenvalue weighted by atomic mass is 10.3. The van der Waals surface area contributed by atoms with Gasteiger partial charge in [0.25, 0.3) is 5.91 Å². The van der Waals surface area contributed by atoms with Gasteiger partial charge in [0.05, 0.1) is 6.20 Å². The lowest BCUT2D eigenvalue weighted by Gasteiger charge is -2.14. The molecule has 1 aromatic rings. The summed E-state index contributed by atoms with van der Waals surface area (Å²) in [5, 5.41) is 6.21. The number of nitrogens with two attached hydrogens (primary N) is 1. The number of nitrogens with one attached hydrogen (secondary N) is 1. The Hall–Kier alpha value is -1.52. The van der Waals surface area contributed by atoms with Crippen molar-refractivity contribution in [1.29, 1.82) is 0 Å². The van der Waals surface area contributed by atoms with Crippen LogP contribution >= 0.6 is 0 Å². The maximum absolute atomic E-state index is 11.6. The van der Waals surface area contributed by atoms with Gasteiger partial charge in [-0.05, 0) is 6.42 Å². The van der Waals surface area contributed by atoms with E-state index in [1.165, 1.54) is 6.20 Å². The average Bonchev–Trinajstić information content (AvgIpc) is 2.50. The van der Waals surface area contributed by atoms with Crippen LogP contribution in [-0.4, -0.2) is 34.6 Å². The largest absolute Gasteiger partial charge is 0.383 e. The number of amides is 1. The molecule has 1 amide bonds. The standard InChI is InChI=1S/C8H14N4O/c1-3-4-12(2)8(13)6-5-10-11-7(6)9/h5H,3-4H2,1-2H3,(H3,9,10,11). The highest BCUT2D eigenvalue weighted by Crippen LogP contribution is 2.08. The van der Waals surface area contributed by atoms with E-state index in [4.69, 9.17) is 5.73 Å². The van der Waals surface area contributed by atoms with Crippen molar-refractivity contribution in [3.63, 3.8) is 0 Å². The number of hydrogen-bond acceptors (Lipinski definition) is 3. The SMILES string of the molecule is CCCN(C)C(=O)c1cn[nH]c1N. The summed E-state index contributed by atoms with van der Waals surface area (Å²) in [7, 11) is 1.75. The van der Waals surface area contributed by atoms with Gasteiger partial charge in [-0.2, -0.15) is 5.10 Å². The van der Waals surface area contributed by atoms with Crippen LogP contribution in [0.4, 0.5) is 5.82 Å². The second-order valence-corrected chi connectivity index (χ2v) is 2.92. The molecule has 0 saturated heterocycles. The highest BCUT2D eigenvalue weighted by atomic mass is 16.2. The Morgan fingerprint density at radius 3 is 2.92 bits per heavy atom. The lowest BCUT2D eigenvalue weighted by Crippen LogP contribution is -2.27. The summed E-state index contributed by atoms with van der Waals surface area (Å²) in [6, 6.07) is 0. The highest BCUT2D eigenvalue weighted by molar-refractivity contribution is 5.97. The number of aromatic nitrogens is 2. The molecular weight excluding hydrogens is 168 g/mol. The van der Waals surface area contributed by atoms with Crippen LogP contribution in [0, 0.1) is 0 Å². The van der Waals surface area contributed by atoms with Gasteiger partial charge in [-0.1, -0.05) is 6.92 Å². The van der Waals surface area contributed by atoms with Crippen LogP contribution in [-0.2, 0) is 0 Å². The van der Waals surface area contributed by atoms with E-state index in [9.17, 15) is 4.79 Å². The smallest absolute Gasteiger partial charge is 0.258 e. The third kappa shape index (κ3) is 1.99. The predicted molar refractivity (Wildman–Crippen MR) is 50.3 cm³/mol. The molecular formula is C8H14N4O. The first-order valence-corrected chi connectivity index (χ1v) is 4.21. The van der Waals surface area contributed by atoms with Gasteiger partial charge in [0.2, 0.25) is 0 Å². The molecule has 0 unspecified atom stereocenters. The van der Waals surface area contributed by atoms with Gasteiger partial charge < -0.3 is 10.6 Å². The van der Waals surface area contributed by atoms with Gasteiger partial charge in [-0.25, -0.2) is 0 Å². The summed E-state index contributed by atoms with van der Waals surface area (Å²) in [4.78, 5) is 13.2. The number of aromatic amines is 1. The number of nitrogens with zero attached hydrogens (tertiary/aromatic N) is 2. The van der Waals surface area contributed by atoms with Crippen LogP contribution in [0.15, 0.2) is 6.20 Å². The average molecular weight is 182 g/mol. The van der Waals surface area contributed by atoms with Crippen LogP contribution in [0.5, 0.6) is 0 Å². The minimum absolute atomic E-state index is 0.0897. The summed E-state index contributed by atoms with van der Waals surface area (Å²) in [5.41, 5.74) is 5.95. The summed E-state index contributed by atoms with van der Waals surface area (Å²) >= 11 is 0. The number of carbonyl (C=O) groups excluding carboxylic acids is 1. The number of hydrogen-bond donors (Lipinski definition) is 2. The Balaban J connectivity index is 2.73. The molecule has 0 bridgehead atoms. The third-order valence-corrected chi connectivity index (χ3v) is 1.80. The van der Waals surface area contributed by atoms with Crippen LogP contribution in [0.2, 0.25) is 0 Å². The Morgan fingerprint density at radius 2 is 2.46 bits per heavy atom. The quantitative estimate of drug-likeness (QED) is 0.713. The second-order valence-electron chi connectivity index (χ2n) is 2.92. The summed E-state index contributed by atoms with van der Waals surface area (Å²) < 4.78 is 0. The van der Waals surface area contributed by atoms with Crippen LogP contribution in [0.25, 0.3) is 0 Å². The molecule has 3 N–H and O–H groups in total. The number of nitrogen functional groups attached to an aromatic ring is 1. The minimum atomic E-state index is -0.0897. The summed E-state index contributed by atoms with van der Waals surface area (Å²) in [6.07, 6.45) is 2.38. The fraction of sp³-hybridized carbons (Fsp3) is 0.500. The Bertz CT molecular complexity index is 294. The van der Waals surface area contributed by atoms with E-state index in [-0.39, 0.29) is 5.91 Å². The van der Waals surface area contributed by atoms with Crippen LogP contribution < -0.4 is 5.73 Å². The molecule has 0 aliphatic carbocycles. The molecule has 1 aromatic heterocycles. The minimum Gasteiger partial charge on any atom is -0.383 e. The zero-order valence-electron chi connectivity index (χ0n) is 7.87. The lowest BCUT2D eigenvalue weighted by molar-refractivity contribution is 0.0796. The summed E-state index contributed by atoms with van der Waals surface area (Å²) in [6.45, 7) is 2.74. The van der Waals surface area contributed by atoms with E-state index in [2.05, 4.69) is 10.2 Å². The van der Waals surface area contributed by atoms with Crippen molar-refractivity contribution in [2.75, 3.05) is 19.3 Å². The van der Waals surface area contributed by atoms with Gasteiger partial charge >= 0.3 is 0 Å². The Labute approximate surface area is 76.9 Å². The van der Waals surface area contributed by atoms with Crippen molar-refractivity contribution in [3.05, 3.63) is 11.8 Å². The van der Waals surface area contributed by atoms with Gasteiger partial charge in [-0.3, -0.25) is 9.89 Å². The molecule has 5 nitrogen and oxygen atoms in total. The van der Waals surface area contributed by atoms with Crippen LogP contribution in [0.1, 0.15) is 23.7 Å². The van der Waals surface area contributed by atoms with Gasteiger partial charge in [0.15, 0.2) is 0 Å². The predicted octanol–water partition coefficient (Wildman–Crippen LogP) is 0.474. The monoisotopic (exact) mass is 182 g/mol. The van der Waals surface area contributed by atoms with E-state index < -0.39 is 0 Å². The molecule has 0 fully saturated rings. The second kappa shape index (κ2) is 3.93. The molecule has 0 aliphatic rings. The first-order valence-electron chi connectivity index (χ1n) is 4.21. The number of rotatable bonds is 3. The maximum Gasteiger partial charge on any atom is 0.258 e. The van der Waals surface area contributed by atoms with Crippen molar-refractivity contribution in [3.8, 4) is 0 Å². The van der Waals surface area contributed by atoms with Gasteiger partial charge in [0.1, 0.15) is 11.4 Å². The molecule has 1 heterocycles. The molecule has 0 saturated carbocycles. The Morgan fingerprint density at radius 1 is 1.77 bits per heavy atom. The van der Waals surface area contributed by atoms with Crippen molar-refractivity contribution < 1.29 is 4.79 Å². The molecule has 0 atom stereocenters. The van der Waals surface area contributed by atoms with Crippen LogP contribution in [0.3, 0.4) is 0 Å². The first kappa shape index (κ1) is 9.57. The molecule has 0 spiro atoms. The molecule has 72 valence electrons. The van der Waals surface area contributed by atoms with Gasteiger partial charge in [0, 0.05) is 13.6 Å². The number of anilines is 1. The van der Waals surface area contributed by atoms with Gasteiger partial charge in [-0.15, -0.1) is 0 Å². The molecule has 0 aliphatic heterocycles. The Kier molecular flexibility index (Phi) is 2.89. The van der Waals surface area contributed by atoms with E-state index in [0.29, 0.717) is 11.4 Å². The normalized spacial score (nSPS) is 10.0. The van der Waals surface area contributed by atoms with Crippen molar-refractivity contribution in [2.45, 2.75) is 13.3 Å². The first-order chi connectivity index (χ1) is 6.16. The fourth-order valence-corrected chi connectivity index (χ4v) is 1.11. The van der Waals surface area contributed by atoms with E-state index in [1.807, 2.05) is 6.92 Å². The third-order valence-electron chi connectivity index (χ3n) is 1.80. The molecule has 1 rings (SSSR count). The van der Waals surface area contributed by atoms with E-state index in [0.717, 1.165) is 13.0 Å². The van der Waals surface area contributed by atoms with Crippen molar-refractivity contribution >= 4 is 11.7 Å². The topological polar surface area (TPSA) is 75.0 Å². The fourth-order valence-electron chi connectivity index (χ4n) is 1.11. The maximum atomic E-state index is 11.6. The van der Waals surface area contributed by atoms with Crippen molar-refractivity contribution in [2.24, 2.45) is 0 Å². The van der Waals surface area contributed by atoms with E-state index >= 15 is 0 Å². The molecule has 0 aromatic carbocycles. The molecule has 13 heavy (non-hydrogen) atoms. The molecule has 5 heteroatoms. The zero-order valence-corrected chi connectivity index (χ0v) is 7.87.